The molecule has 0 saturated carbocycles. The average Bonchev–Trinajstić information content (AvgIpc) is 2.50. The lowest BCUT2D eigenvalue weighted by molar-refractivity contribution is -0.146. The fourth-order valence-electron chi connectivity index (χ4n) is 2.87. The molecule has 0 bridgehead atoms. The summed E-state index contributed by atoms with van der Waals surface area (Å²) in [6, 6.07) is -0.765. The van der Waals surface area contributed by atoms with Crippen LogP contribution in [-0.4, -0.2) is 58.6 Å². The van der Waals surface area contributed by atoms with Gasteiger partial charge >= 0.3 is 5.97 Å². The molecule has 24 heavy (non-hydrogen) atoms. The molecule has 1 aliphatic heterocycles. The van der Waals surface area contributed by atoms with Crippen LogP contribution in [0.4, 0.5) is 0 Å². The number of aliphatic carboxylic acids is 1. The maximum Gasteiger partial charge on any atom is 0.323 e. The maximum absolute atomic E-state index is 12.2. The van der Waals surface area contributed by atoms with Gasteiger partial charge in [-0.05, 0) is 32.2 Å². The fourth-order valence-corrected chi connectivity index (χ4v) is 4.37. The van der Waals surface area contributed by atoms with Gasteiger partial charge in [0.2, 0.25) is 5.91 Å². The molecule has 0 aliphatic carbocycles. The van der Waals surface area contributed by atoms with Gasteiger partial charge in [-0.25, -0.2) is 5.09 Å². The Balaban J connectivity index is 2.33. The van der Waals surface area contributed by atoms with E-state index in [0.717, 1.165) is 32.1 Å². The second kappa shape index (κ2) is 10.8. The van der Waals surface area contributed by atoms with Crippen molar-refractivity contribution in [2.24, 2.45) is 5.73 Å². The normalized spacial score (nSPS) is 20.8. The summed E-state index contributed by atoms with van der Waals surface area (Å²) in [6.07, 6.45) is 6.89. The molecule has 0 aromatic heterocycles. The van der Waals surface area contributed by atoms with E-state index >= 15 is 0 Å². The molecule has 1 heterocycles. The number of amides is 1. The number of hydrogen-bond acceptors (Lipinski definition) is 4. The van der Waals surface area contributed by atoms with Gasteiger partial charge in [-0.3, -0.25) is 14.2 Å². The summed E-state index contributed by atoms with van der Waals surface area (Å²) in [4.78, 5) is 34.2. The lowest BCUT2D eigenvalue weighted by Crippen LogP contribution is -2.51. The predicted molar refractivity (Wildman–Crippen MR) is 91.8 cm³/mol. The first-order valence-corrected chi connectivity index (χ1v) is 10.5. The van der Waals surface area contributed by atoms with Gasteiger partial charge in [0.05, 0.1) is 6.04 Å². The second-order valence-corrected chi connectivity index (χ2v) is 8.42. The zero-order valence-electron chi connectivity index (χ0n) is 14.2. The van der Waals surface area contributed by atoms with Crippen molar-refractivity contribution in [1.29, 1.82) is 0 Å². The minimum atomic E-state index is -3.59. The van der Waals surface area contributed by atoms with E-state index in [0.29, 0.717) is 32.4 Å². The van der Waals surface area contributed by atoms with Crippen molar-refractivity contribution in [3.63, 3.8) is 0 Å². The summed E-state index contributed by atoms with van der Waals surface area (Å²) in [5, 5.41) is 11.4. The van der Waals surface area contributed by atoms with Crippen molar-refractivity contribution in [3.05, 3.63) is 0 Å². The third kappa shape index (κ3) is 8.24. The SMILES string of the molecule is NCCCCCCCCP(=O)(O)NC1CCCN(CC(=O)O)C1=O. The molecule has 0 spiro atoms. The van der Waals surface area contributed by atoms with E-state index < -0.39 is 25.4 Å². The molecule has 2 atom stereocenters. The lowest BCUT2D eigenvalue weighted by atomic mass is 10.1. The monoisotopic (exact) mass is 363 g/mol. The molecule has 1 rings (SSSR count). The zero-order valence-corrected chi connectivity index (χ0v) is 15.0. The van der Waals surface area contributed by atoms with E-state index in [2.05, 4.69) is 5.09 Å². The van der Waals surface area contributed by atoms with Gasteiger partial charge in [-0.1, -0.05) is 25.7 Å². The number of carbonyl (C=O) groups excluding carboxylic acids is 1. The Morgan fingerprint density at radius 2 is 1.88 bits per heavy atom. The standard InChI is InChI=1S/C15H30N3O5P/c16-9-5-3-1-2-4-6-11-24(22,23)17-13-8-7-10-18(15(13)21)12-14(19)20/h13H,1-12,16H2,(H,19,20)(H2,17,22,23). The second-order valence-electron chi connectivity index (χ2n) is 6.31. The Labute approximate surface area is 143 Å². The number of piperidine rings is 1. The van der Waals surface area contributed by atoms with Crippen LogP contribution in [0.25, 0.3) is 0 Å². The lowest BCUT2D eigenvalue weighted by Gasteiger charge is -2.32. The van der Waals surface area contributed by atoms with Crippen LogP contribution in [0.2, 0.25) is 0 Å². The van der Waals surface area contributed by atoms with Crippen LogP contribution < -0.4 is 10.8 Å². The first-order chi connectivity index (χ1) is 11.4. The van der Waals surface area contributed by atoms with Crippen LogP contribution in [-0.2, 0) is 14.2 Å². The minimum Gasteiger partial charge on any atom is -0.480 e. The summed E-state index contributed by atoms with van der Waals surface area (Å²) >= 11 is 0. The van der Waals surface area contributed by atoms with E-state index in [1.54, 1.807) is 0 Å². The molecule has 0 radical (unpaired) electrons. The van der Waals surface area contributed by atoms with Crippen LogP contribution >= 0.6 is 7.52 Å². The van der Waals surface area contributed by atoms with Crippen molar-refractivity contribution >= 4 is 19.4 Å². The largest absolute Gasteiger partial charge is 0.480 e. The Morgan fingerprint density at radius 3 is 2.50 bits per heavy atom. The number of carboxylic acid groups (broad SMARTS) is 1. The van der Waals surface area contributed by atoms with Crippen molar-refractivity contribution in [2.45, 2.75) is 57.4 Å². The van der Waals surface area contributed by atoms with Gasteiger partial charge in [0.25, 0.3) is 7.52 Å². The number of likely N-dealkylation sites (tertiary alicyclic amines) is 1. The molecule has 0 aromatic carbocycles. The van der Waals surface area contributed by atoms with Gasteiger partial charge in [0, 0.05) is 12.7 Å². The number of unbranched alkanes of at least 4 members (excludes halogenated alkanes) is 5. The first-order valence-electron chi connectivity index (χ1n) is 8.66. The molecule has 1 fully saturated rings. The number of nitrogens with zero attached hydrogens (tertiary/aromatic N) is 1. The summed E-state index contributed by atoms with van der Waals surface area (Å²) in [6.45, 7) is 0.710. The highest BCUT2D eigenvalue weighted by Crippen LogP contribution is 2.38. The van der Waals surface area contributed by atoms with Crippen molar-refractivity contribution in [1.82, 2.24) is 9.99 Å². The summed E-state index contributed by atoms with van der Waals surface area (Å²) < 4.78 is 12.2. The zero-order chi connectivity index (χ0) is 18.0. The van der Waals surface area contributed by atoms with Gasteiger partial charge in [-0.15, -0.1) is 0 Å². The smallest absolute Gasteiger partial charge is 0.323 e. The van der Waals surface area contributed by atoms with Crippen LogP contribution in [0.3, 0.4) is 0 Å². The average molecular weight is 363 g/mol. The fraction of sp³-hybridized carbons (Fsp3) is 0.867. The van der Waals surface area contributed by atoms with E-state index in [-0.39, 0.29) is 12.7 Å². The number of nitrogens with one attached hydrogen (secondary N) is 1. The van der Waals surface area contributed by atoms with Crippen LogP contribution in [0.1, 0.15) is 51.4 Å². The van der Waals surface area contributed by atoms with Crippen molar-refractivity contribution < 1.29 is 24.2 Å². The minimum absolute atomic E-state index is 0.132. The number of hydrogen-bond donors (Lipinski definition) is 4. The Bertz CT molecular complexity index is 460. The summed E-state index contributed by atoms with van der Waals surface area (Å²) in [5.74, 6) is -1.48. The summed E-state index contributed by atoms with van der Waals surface area (Å²) in [5.41, 5.74) is 5.42. The van der Waals surface area contributed by atoms with E-state index in [9.17, 15) is 19.0 Å². The van der Waals surface area contributed by atoms with Crippen molar-refractivity contribution in [2.75, 3.05) is 25.8 Å². The molecular weight excluding hydrogens is 333 g/mol. The molecule has 140 valence electrons. The predicted octanol–water partition coefficient (Wildman–Crippen LogP) is 1.14. The number of rotatable bonds is 12. The number of carboxylic acids is 1. The highest BCUT2D eigenvalue weighted by molar-refractivity contribution is 7.55. The highest BCUT2D eigenvalue weighted by Gasteiger charge is 2.33. The number of carbonyl (C=O) groups is 2. The molecule has 0 aromatic rings. The van der Waals surface area contributed by atoms with Crippen LogP contribution in [0.5, 0.6) is 0 Å². The molecule has 2 unspecified atom stereocenters. The molecule has 5 N–H and O–H groups in total. The highest BCUT2D eigenvalue weighted by atomic mass is 31.2. The quantitative estimate of drug-likeness (QED) is 0.302. The molecule has 8 nitrogen and oxygen atoms in total. The van der Waals surface area contributed by atoms with E-state index in [1.165, 1.54) is 4.90 Å². The van der Waals surface area contributed by atoms with Gasteiger partial charge in [0.15, 0.2) is 0 Å². The van der Waals surface area contributed by atoms with Gasteiger partial charge < -0.3 is 20.6 Å². The maximum atomic E-state index is 12.2. The molecule has 1 saturated heterocycles. The first kappa shape index (κ1) is 21.1. The van der Waals surface area contributed by atoms with Gasteiger partial charge in [0.1, 0.15) is 6.54 Å². The molecule has 1 amide bonds. The van der Waals surface area contributed by atoms with Gasteiger partial charge in [-0.2, -0.15) is 0 Å². The molecule has 9 heteroatoms. The van der Waals surface area contributed by atoms with Crippen LogP contribution in [0.15, 0.2) is 0 Å². The van der Waals surface area contributed by atoms with E-state index in [4.69, 9.17) is 10.8 Å². The third-order valence-electron chi connectivity index (χ3n) is 4.13. The Morgan fingerprint density at radius 1 is 1.25 bits per heavy atom. The summed E-state index contributed by atoms with van der Waals surface area (Å²) in [7, 11) is -3.59. The van der Waals surface area contributed by atoms with Crippen molar-refractivity contribution in [3.8, 4) is 0 Å². The van der Waals surface area contributed by atoms with Crippen LogP contribution in [0, 0.1) is 0 Å². The number of nitrogens with two attached hydrogens (primary N) is 1. The molecule has 1 aliphatic rings. The Kier molecular flexibility index (Phi) is 9.51. The third-order valence-corrected chi connectivity index (χ3v) is 5.77. The Hall–Kier alpha value is -0.950. The topological polar surface area (TPSA) is 133 Å². The van der Waals surface area contributed by atoms with E-state index in [1.807, 2.05) is 0 Å². The molecular formula is C15H30N3O5P.